The number of rotatable bonds is 3. The van der Waals surface area contributed by atoms with Crippen molar-refractivity contribution in [2.24, 2.45) is 5.92 Å². The molecule has 0 heterocycles. The van der Waals surface area contributed by atoms with Gasteiger partial charge in [0.1, 0.15) is 0 Å². The van der Waals surface area contributed by atoms with Crippen molar-refractivity contribution in [3.05, 3.63) is 0 Å². The molecule has 0 bridgehead atoms. The third kappa shape index (κ3) is 3.43. The standard InChI is InChI=1S/C7H12Cl2O/c1-5(2)4-7(8,9)6(3)10/h5H,4H2,1-3H3. The fraction of sp³-hybridized carbons (Fsp3) is 0.857. The number of carbonyl (C=O) groups excluding carboxylic acids is 1. The van der Waals surface area contributed by atoms with Crippen LogP contribution in [0.25, 0.3) is 0 Å². The summed E-state index contributed by atoms with van der Waals surface area (Å²) in [6, 6.07) is 0. The lowest BCUT2D eigenvalue weighted by atomic mass is 10.1. The van der Waals surface area contributed by atoms with E-state index in [1.54, 1.807) is 0 Å². The van der Waals surface area contributed by atoms with E-state index in [1.165, 1.54) is 6.92 Å². The van der Waals surface area contributed by atoms with Crippen LogP contribution in [0, 0.1) is 5.92 Å². The molecule has 0 radical (unpaired) electrons. The van der Waals surface area contributed by atoms with E-state index in [-0.39, 0.29) is 5.78 Å². The van der Waals surface area contributed by atoms with Crippen molar-refractivity contribution < 1.29 is 4.79 Å². The zero-order chi connectivity index (χ0) is 8.36. The fourth-order valence-electron chi connectivity index (χ4n) is 0.656. The van der Waals surface area contributed by atoms with Crippen molar-refractivity contribution in [3.8, 4) is 0 Å². The molecule has 0 saturated carbocycles. The molecule has 0 amide bonds. The third-order valence-corrected chi connectivity index (χ3v) is 2.02. The van der Waals surface area contributed by atoms with E-state index in [4.69, 9.17) is 23.2 Å². The zero-order valence-corrected chi connectivity index (χ0v) is 7.96. The normalized spacial score (nSPS) is 12.2. The van der Waals surface area contributed by atoms with Gasteiger partial charge in [-0.3, -0.25) is 4.79 Å². The summed E-state index contributed by atoms with van der Waals surface area (Å²) >= 11 is 11.4. The average Bonchev–Trinajstić information content (AvgIpc) is 1.60. The average molecular weight is 183 g/mol. The Morgan fingerprint density at radius 3 is 2.00 bits per heavy atom. The molecule has 0 aliphatic heterocycles. The molecule has 0 aromatic rings. The third-order valence-electron chi connectivity index (χ3n) is 1.18. The molecule has 3 heteroatoms. The Morgan fingerprint density at radius 1 is 1.50 bits per heavy atom. The minimum atomic E-state index is -1.17. The van der Waals surface area contributed by atoms with Gasteiger partial charge in [-0.2, -0.15) is 0 Å². The summed E-state index contributed by atoms with van der Waals surface area (Å²) in [6.07, 6.45) is 0.519. The molecule has 0 rings (SSSR count). The quantitative estimate of drug-likeness (QED) is 0.615. The molecule has 10 heavy (non-hydrogen) atoms. The molecular formula is C7H12Cl2O. The van der Waals surface area contributed by atoms with Gasteiger partial charge < -0.3 is 0 Å². The second-order valence-corrected chi connectivity index (χ2v) is 4.34. The van der Waals surface area contributed by atoms with Crippen LogP contribution in [0.4, 0.5) is 0 Å². The van der Waals surface area contributed by atoms with Crippen molar-refractivity contribution in [1.29, 1.82) is 0 Å². The largest absolute Gasteiger partial charge is 0.297 e. The highest BCUT2D eigenvalue weighted by Crippen LogP contribution is 2.29. The van der Waals surface area contributed by atoms with E-state index in [2.05, 4.69) is 0 Å². The number of alkyl halides is 2. The first kappa shape index (κ1) is 10.2. The maximum atomic E-state index is 10.7. The molecule has 0 aromatic heterocycles. The molecule has 0 saturated heterocycles. The minimum Gasteiger partial charge on any atom is -0.297 e. The van der Waals surface area contributed by atoms with E-state index < -0.39 is 4.33 Å². The Balaban J connectivity index is 4.00. The van der Waals surface area contributed by atoms with Crippen molar-refractivity contribution >= 4 is 29.0 Å². The van der Waals surface area contributed by atoms with Gasteiger partial charge in [0.15, 0.2) is 10.1 Å². The summed E-state index contributed by atoms with van der Waals surface area (Å²) in [6.45, 7) is 5.35. The summed E-state index contributed by atoms with van der Waals surface area (Å²) in [5.74, 6) is 0.170. The Hall–Kier alpha value is 0.250. The monoisotopic (exact) mass is 182 g/mol. The number of halogens is 2. The molecule has 60 valence electrons. The van der Waals surface area contributed by atoms with Gasteiger partial charge in [0, 0.05) is 0 Å². The first-order chi connectivity index (χ1) is 4.36. The van der Waals surface area contributed by atoms with Crippen molar-refractivity contribution in [2.75, 3.05) is 0 Å². The lowest BCUT2D eigenvalue weighted by Gasteiger charge is -2.17. The predicted molar refractivity (Wildman–Crippen MR) is 44.6 cm³/mol. The van der Waals surface area contributed by atoms with Crippen LogP contribution < -0.4 is 0 Å². The highest BCUT2D eigenvalue weighted by atomic mass is 35.5. The van der Waals surface area contributed by atoms with Gasteiger partial charge in [0.05, 0.1) is 0 Å². The summed E-state index contributed by atoms with van der Waals surface area (Å²) in [5.41, 5.74) is 0. The topological polar surface area (TPSA) is 17.1 Å². The molecule has 0 spiro atoms. The fourth-order valence-corrected chi connectivity index (χ4v) is 1.27. The first-order valence-corrected chi connectivity index (χ1v) is 4.00. The molecule has 0 N–H and O–H groups in total. The zero-order valence-electron chi connectivity index (χ0n) is 6.45. The van der Waals surface area contributed by atoms with E-state index >= 15 is 0 Å². The van der Waals surface area contributed by atoms with Gasteiger partial charge in [-0.25, -0.2) is 0 Å². The van der Waals surface area contributed by atoms with Gasteiger partial charge in [-0.15, -0.1) is 0 Å². The molecule has 1 nitrogen and oxygen atoms in total. The predicted octanol–water partition coefficient (Wildman–Crippen LogP) is 2.80. The maximum absolute atomic E-state index is 10.7. The summed E-state index contributed by atoms with van der Waals surface area (Å²) in [5, 5.41) is 0. The van der Waals surface area contributed by atoms with Gasteiger partial charge in [0.25, 0.3) is 0 Å². The minimum absolute atomic E-state index is 0.176. The van der Waals surface area contributed by atoms with Crippen molar-refractivity contribution in [2.45, 2.75) is 31.5 Å². The maximum Gasteiger partial charge on any atom is 0.175 e. The molecule has 0 aliphatic carbocycles. The highest BCUT2D eigenvalue weighted by Gasteiger charge is 2.30. The van der Waals surface area contributed by atoms with Crippen LogP contribution in [0.5, 0.6) is 0 Å². The van der Waals surface area contributed by atoms with E-state index in [1.807, 2.05) is 13.8 Å². The molecule has 0 fully saturated rings. The SMILES string of the molecule is CC(=O)C(Cl)(Cl)CC(C)C. The van der Waals surface area contributed by atoms with Gasteiger partial charge in [-0.1, -0.05) is 37.0 Å². The van der Waals surface area contributed by atoms with Crippen LogP contribution in [0.1, 0.15) is 27.2 Å². The second kappa shape index (κ2) is 3.59. The summed E-state index contributed by atoms with van der Waals surface area (Å²) in [7, 11) is 0. The Morgan fingerprint density at radius 2 is 1.90 bits per heavy atom. The second-order valence-electron chi connectivity index (χ2n) is 2.86. The van der Waals surface area contributed by atoms with Crippen LogP contribution >= 0.6 is 23.2 Å². The van der Waals surface area contributed by atoms with Gasteiger partial charge in [-0.05, 0) is 19.3 Å². The Kier molecular flexibility index (Phi) is 3.68. The number of ketones is 1. The lowest BCUT2D eigenvalue weighted by molar-refractivity contribution is -0.117. The smallest absolute Gasteiger partial charge is 0.175 e. The molecule has 0 aromatic carbocycles. The van der Waals surface area contributed by atoms with Crippen LogP contribution in [0.15, 0.2) is 0 Å². The van der Waals surface area contributed by atoms with Crippen LogP contribution in [0.2, 0.25) is 0 Å². The van der Waals surface area contributed by atoms with Crippen molar-refractivity contribution in [1.82, 2.24) is 0 Å². The highest BCUT2D eigenvalue weighted by molar-refractivity contribution is 6.58. The number of hydrogen-bond donors (Lipinski definition) is 0. The molecule has 0 atom stereocenters. The van der Waals surface area contributed by atoms with E-state index in [0.29, 0.717) is 12.3 Å². The van der Waals surface area contributed by atoms with E-state index in [0.717, 1.165) is 0 Å². The van der Waals surface area contributed by atoms with Gasteiger partial charge in [0.2, 0.25) is 0 Å². The molecule has 0 aliphatic rings. The van der Waals surface area contributed by atoms with E-state index in [9.17, 15) is 4.79 Å². The molecule has 0 unspecified atom stereocenters. The number of Topliss-reactive ketones (excluding diaryl/α,β-unsaturated/α-hetero) is 1. The van der Waals surface area contributed by atoms with Crippen molar-refractivity contribution in [3.63, 3.8) is 0 Å². The van der Waals surface area contributed by atoms with Gasteiger partial charge >= 0.3 is 0 Å². The Labute approximate surface area is 71.7 Å². The number of carbonyl (C=O) groups is 1. The number of hydrogen-bond acceptors (Lipinski definition) is 1. The van der Waals surface area contributed by atoms with Crippen LogP contribution in [0.3, 0.4) is 0 Å². The Bertz CT molecular complexity index is 130. The molecular weight excluding hydrogens is 171 g/mol. The lowest BCUT2D eigenvalue weighted by Crippen LogP contribution is -2.24. The first-order valence-electron chi connectivity index (χ1n) is 3.25. The summed E-state index contributed by atoms with van der Waals surface area (Å²) in [4.78, 5) is 10.7. The van der Waals surface area contributed by atoms with Crippen LogP contribution in [-0.4, -0.2) is 10.1 Å². The van der Waals surface area contributed by atoms with Crippen LogP contribution in [-0.2, 0) is 4.79 Å². The summed E-state index contributed by atoms with van der Waals surface area (Å²) < 4.78 is -1.17.